The monoisotopic (exact) mass is 524 g/mol. The first-order valence-corrected chi connectivity index (χ1v) is 11.1. The van der Waals surface area contributed by atoms with Crippen LogP contribution in [0.5, 0.6) is 11.5 Å². The molecule has 0 aliphatic carbocycles. The zero-order valence-corrected chi connectivity index (χ0v) is 19.8. The first kappa shape index (κ1) is 26.3. The van der Waals surface area contributed by atoms with Crippen LogP contribution in [0.2, 0.25) is 0 Å². The second-order valence-corrected chi connectivity index (χ2v) is 8.00. The molecule has 0 bridgehead atoms. The Balaban J connectivity index is 2.20. The summed E-state index contributed by atoms with van der Waals surface area (Å²) in [6, 6.07) is 9.25. The molecule has 5 nitrogen and oxygen atoms in total. The maximum Gasteiger partial charge on any atom is 0.416 e. The maximum absolute atomic E-state index is 12.9. The molecule has 0 radical (unpaired) electrons. The Morgan fingerprint density at radius 3 is 2.61 bits per heavy atom. The topological polar surface area (TPSA) is 71.3 Å². The summed E-state index contributed by atoms with van der Waals surface area (Å²) >= 11 is 3.43. The predicted octanol–water partition coefficient (Wildman–Crippen LogP) is 6.98. The molecule has 2 aromatic carbocycles. The van der Waals surface area contributed by atoms with Crippen LogP contribution < -0.4 is 14.8 Å². The fourth-order valence-electron chi connectivity index (χ4n) is 2.95. The zero-order valence-electron chi connectivity index (χ0n) is 18.3. The van der Waals surface area contributed by atoms with Gasteiger partial charge in [-0.05, 0) is 64.3 Å². The molecule has 0 heterocycles. The van der Waals surface area contributed by atoms with Crippen molar-refractivity contribution in [3.8, 4) is 17.6 Å². The highest BCUT2D eigenvalue weighted by molar-refractivity contribution is 9.10. The van der Waals surface area contributed by atoms with E-state index in [4.69, 9.17) is 9.47 Å². The molecule has 0 spiro atoms. The van der Waals surface area contributed by atoms with Gasteiger partial charge in [0.15, 0.2) is 11.5 Å². The van der Waals surface area contributed by atoms with E-state index in [1.165, 1.54) is 25.3 Å². The van der Waals surface area contributed by atoms with Crippen LogP contribution in [0.25, 0.3) is 6.08 Å². The molecular weight excluding hydrogens is 501 g/mol. The molecule has 1 amide bonds. The van der Waals surface area contributed by atoms with E-state index in [0.29, 0.717) is 28.1 Å². The summed E-state index contributed by atoms with van der Waals surface area (Å²) in [6.07, 6.45) is 0.989. The van der Waals surface area contributed by atoms with Gasteiger partial charge in [-0.3, -0.25) is 4.79 Å². The molecule has 1 N–H and O–H groups in total. The third-order valence-corrected chi connectivity index (χ3v) is 5.21. The Morgan fingerprint density at radius 2 is 1.97 bits per heavy atom. The Hall–Kier alpha value is -2.99. The van der Waals surface area contributed by atoms with E-state index in [2.05, 4.69) is 28.2 Å². The van der Waals surface area contributed by atoms with E-state index in [1.807, 2.05) is 0 Å². The minimum Gasteiger partial charge on any atom is -0.493 e. The van der Waals surface area contributed by atoms with E-state index in [9.17, 15) is 23.2 Å². The first-order chi connectivity index (χ1) is 15.7. The van der Waals surface area contributed by atoms with Crippen molar-refractivity contribution in [2.24, 2.45) is 0 Å². The number of benzene rings is 2. The molecule has 0 unspecified atom stereocenters. The standard InChI is InChI=1S/C24H24BrF3N2O3/c1-3-4-5-6-10-33-22-20(25)12-16(13-21(22)32-2)11-17(15-29)23(31)30-19-9-7-8-18(14-19)24(26,27)28/h7-9,11-14H,3-6,10H2,1-2H3,(H,30,31)/b17-11+. The summed E-state index contributed by atoms with van der Waals surface area (Å²) in [5, 5.41) is 11.8. The predicted molar refractivity (Wildman–Crippen MR) is 124 cm³/mol. The number of ether oxygens (including phenoxy) is 2. The Bertz CT molecular complexity index is 1050. The van der Waals surface area contributed by atoms with Crippen molar-refractivity contribution in [1.29, 1.82) is 5.26 Å². The van der Waals surface area contributed by atoms with Gasteiger partial charge in [-0.1, -0.05) is 32.3 Å². The van der Waals surface area contributed by atoms with Crippen LogP contribution in [0.15, 0.2) is 46.4 Å². The smallest absolute Gasteiger partial charge is 0.416 e. The molecule has 2 rings (SSSR count). The lowest BCUT2D eigenvalue weighted by molar-refractivity contribution is -0.137. The molecule has 0 aromatic heterocycles. The van der Waals surface area contributed by atoms with Crippen LogP contribution >= 0.6 is 15.9 Å². The van der Waals surface area contributed by atoms with Crippen LogP contribution in [-0.4, -0.2) is 19.6 Å². The molecule has 33 heavy (non-hydrogen) atoms. The number of rotatable bonds is 10. The summed E-state index contributed by atoms with van der Waals surface area (Å²) in [5.41, 5.74) is -0.773. The summed E-state index contributed by atoms with van der Waals surface area (Å²) in [4.78, 5) is 12.5. The molecule has 2 aromatic rings. The number of nitrogens with one attached hydrogen (secondary N) is 1. The molecule has 0 saturated carbocycles. The lowest BCUT2D eigenvalue weighted by atomic mass is 10.1. The molecule has 0 aliphatic rings. The van der Waals surface area contributed by atoms with Crippen molar-refractivity contribution in [2.45, 2.75) is 38.8 Å². The lowest BCUT2D eigenvalue weighted by Gasteiger charge is -2.14. The van der Waals surface area contributed by atoms with E-state index in [1.54, 1.807) is 18.2 Å². The molecule has 0 saturated heterocycles. The van der Waals surface area contributed by atoms with Gasteiger partial charge in [0.2, 0.25) is 0 Å². The number of anilines is 1. The molecule has 0 aliphatic heterocycles. The molecular formula is C24H24BrF3N2O3. The number of nitriles is 1. The van der Waals surface area contributed by atoms with Crippen molar-refractivity contribution in [3.05, 3.63) is 57.6 Å². The average molecular weight is 525 g/mol. The van der Waals surface area contributed by atoms with Gasteiger partial charge < -0.3 is 14.8 Å². The fraction of sp³-hybridized carbons (Fsp3) is 0.333. The van der Waals surface area contributed by atoms with Gasteiger partial charge in [-0.15, -0.1) is 0 Å². The van der Waals surface area contributed by atoms with Crippen molar-refractivity contribution >= 4 is 33.6 Å². The maximum atomic E-state index is 12.9. The van der Waals surface area contributed by atoms with Gasteiger partial charge in [0, 0.05) is 5.69 Å². The van der Waals surface area contributed by atoms with Crippen molar-refractivity contribution in [2.75, 3.05) is 19.0 Å². The lowest BCUT2D eigenvalue weighted by Crippen LogP contribution is -2.14. The number of hydrogen-bond donors (Lipinski definition) is 1. The van der Waals surface area contributed by atoms with E-state index in [0.717, 1.165) is 37.8 Å². The fourth-order valence-corrected chi connectivity index (χ4v) is 3.53. The van der Waals surface area contributed by atoms with Crippen LogP contribution in [0, 0.1) is 11.3 Å². The van der Waals surface area contributed by atoms with Crippen LogP contribution in [-0.2, 0) is 11.0 Å². The number of halogens is 4. The second kappa shape index (κ2) is 12.3. The summed E-state index contributed by atoms with van der Waals surface area (Å²) in [7, 11) is 1.48. The highest BCUT2D eigenvalue weighted by Crippen LogP contribution is 2.37. The highest BCUT2D eigenvalue weighted by atomic mass is 79.9. The van der Waals surface area contributed by atoms with Crippen molar-refractivity contribution in [1.82, 2.24) is 0 Å². The van der Waals surface area contributed by atoms with Gasteiger partial charge in [0.05, 0.1) is 23.8 Å². The molecule has 9 heteroatoms. The second-order valence-electron chi connectivity index (χ2n) is 7.15. The average Bonchev–Trinajstić information content (AvgIpc) is 2.77. The number of carbonyl (C=O) groups is 1. The van der Waals surface area contributed by atoms with Crippen LogP contribution in [0.1, 0.15) is 43.7 Å². The molecule has 176 valence electrons. The number of alkyl halides is 3. The summed E-state index contributed by atoms with van der Waals surface area (Å²) < 4.78 is 50.5. The third-order valence-electron chi connectivity index (χ3n) is 4.62. The quantitative estimate of drug-likeness (QED) is 0.206. The van der Waals surface area contributed by atoms with E-state index < -0.39 is 17.6 Å². The van der Waals surface area contributed by atoms with E-state index in [-0.39, 0.29) is 11.3 Å². The molecule has 0 atom stereocenters. The minimum atomic E-state index is -4.54. The largest absolute Gasteiger partial charge is 0.493 e. The van der Waals surface area contributed by atoms with Gasteiger partial charge in [-0.2, -0.15) is 18.4 Å². The number of carbonyl (C=O) groups excluding carboxylic acids is 1. The number of hydrogen-bond acceptors (Lipinski definition) is 4. The molecule has 0 fully saturated rings. The van der Waals surface area contributed by atoms with E-state index >= 15 is 0 Å². The van der Waals surface area contributed by atoms with Gasteiger partial charge >= 0.3 is 6.18 Å². The number of unbranched alkanes of at least 4 members (excludes halogenated alkanes) is 3. The van der Waals surface area contributed by atoms with Crippen LogP contribution in [0.3, 0.4) is 0 Å². The normalized spacial score (nSPS) is 11.6. The zero-order chi connectivity index (χ0) is 24.4. The third kappa shape index (κ3) is 7.82. The summed E-state index contributed by atoms with van der Waals surface area (Å²) in [5.74, 6) is 0.0999. The van der Waals surface area contributed by atoms with Crippen LogP contribution in [0.4, 0.5) is 18.9 Å². The number of amides is 1. The SMILES string of the molecule is CCCCCCOc1c(Br)cc(/C=C(\C#N)C(=O)Nc2cccc(C(F)(F)F)c2)cc1OC. The Morgan fingerprint density at radius 1 is 1.21 bits per heavy atom. The number of nitrogens with zero attached hydrogens (tertiary/aromatic N) is 1. The summed E-state index contributed by atoms with van der Waals surface area (Å²) in [6.45, 7) is 2.65. The van der Waals surface area contributed by atoms with Gasteiger partial charge in [-0.25, -0.2) is 0 Å². The van der Waals surface area contributed by atoms with Crippen molar-refractivity contribution < 1.29 is 27.4 Å². The highest BCUT2D eigenvalue weighted by Gasteiger charge is 2.30. The first-order valence-electron chi connectivity index (χ1n) is 10.3. The minimum absolute atomic E-state index is 0.0680. The Kier molecular flexibility index (Phi) is 9.79. The van der Waals surface area contributed by atoms with Gasteiger partial charge in [0.1, 0.15) is 11.6 Å². The van der Waals surface area contributed by atoms with Gasteiger partial charge in [0.25, 0.3) is 5.91 Å². The Labute approximate surface area is 199 Å². The van der Waals surface area contributed by atoms with Crippen molar-refractivity contribution in [3.63, 3.8) is 0 Å². The number of methoxy groups -OCH3 is 1.